The average Bonchev–Trinajstić information content (AvgIpc) is 2.76. The van der Waals surface area contributed by atoms with Gasteiger partial charge in [-0.25, -0.2) is 0 Å². The van der Waals surface area contributed by atoms with E-state index in [4.69, 9.17) is 4.74 Å². The third-order valence-corrected chi connectivity index (χ3v) is 3.10. The van der Waals surface area contributed by atoms with Crippen molar-refractivity contribution in [3.05, 3.63) is 29.8 Å². The Morgan fingerprint density at radius 2 is 2.22 bits per heavy atom. The Morgan fingerprint density at radius 3 is 2.94 bits per heavy atom. The highest BCUT2D eigenvalue weighted by Gasteiger charge is 2.21. The first-order chi connectivity index (χ1) is 8.66. The number of nitrogens with zero attached hydrogens (tertiary/aromatic N) is 1. The minimum absolute atomic E-state index is 0.151. The number of ether oxygens (including phenoxy) is 1. The van der Waals surface area contributed by atoms with E-state index in [-0.39, 0.29) is 12.0 Å². The number of hydrogen-bond donors (Lipinski definition) is 1. The quantitative estimate of drug-likeness (QED) is 0.792. The van der Waals surface area contributed by atoms with Gasteiger partial charge in [0.2, 0.25) is 5.91 Å². The molecule has 1 heterocycles. The number of amides is 1. The highest BCUT2D eigenvalue weighted by molar-refractivity contribution is 5.75. The van der Waals surface area contributed by atoms with Gasteiger partial charge in [-0.15, -0.1) is 0 Å². The van der Waals surface area contributed by atoms with Crippen molar-refractivity contribution in [2.75, 3.05) is 27.2 Å². The summed E-state index contributed by atoms with van der Waals surface area (Å²) in [5, 5.41) is 3.28. The van der Waals surface area contributed by atoms with Crippen LogP contribution in [0.15, 0.2) is 24.3 Å². The zero-order valence-corrected chi connectivity index (χ0v) is 11.0. The Kier molecular flexibility index (Phi) is 4.20. The molecule has 1 aromatic carbocycles. The molecule has 4 heteroatoms. The maximum absolute atomic E-state index is 11.4. The fourth-order valence-corrected chi connectivity index (χ4v) is 2.05. The van der Waals surface area contributed by atoms with Crippen LogP contribution in [0.2, 0.25) is 0 Å². The number of nitrogens with one attached hydrogen (secondary N) is 1. The summed E-state index contributed by atoms with van der Waals surface area (Å²) < 4.78 is 5.80. The van der Waals surface area contributed by atoms with Gasteiger partial charge in [0.1, 0.15) is 11.9 Å². The molecule has 0 saturated heterocycles. The molecule has 0 fully saturated rings. The number of rotatable bonds is 5. The van der Waals surface area contributed by atoms with Gasteiger partial charge in [-0.1, -0.05) is 18.2 Å². The molecule has 0 spiro atoms. The van der Waals surface area contributed by atoms with Crippen LogP contribution >= 0.6 is 0 Å². The predicted octanol–water partition coefficient (Wildman–Crippen LogP) is 1.06. The summed E-state index contributed by atoms with van der Waals surface area (Å²) in [7, 11) is 3.55. The summed E-state index contributed by atoms with van der Waals surface area (Å²) in [4.78, 5) is 13.0. The molecule has 0 aliphatic carbocycles. The lowest BCUT2D eigenvalue weighted by molar-refractivity contribution is -0.128. The second kappa shape index (κ2) is 5.87. The van der Waals surface area contributed by atoms with E-state index in [9.17, 15) is 4.79 Å². The summed E-state index contributed by atoms with van der Waals surface area (Å²) in [6.45, 7) is 1.49. The first-order valence-electron chi connectivity index (χ1n) is 6.32. The van der Waals surface area contributed by atoms with E-state index >= 15 is 0 Å². The van der Waals surface area contributed by atoms with Crippen molar-refractivity contribution >= 4 is 5.91 Å². The van der Waals surface area contributed by atoms with Crippen molar-refractivity contribution in [3.8, 4) is 5.75 Å². The van der Waals surface area contributed by atoms with Gasteiger partial charge in [0.05, 0.1) is 0 Å². The molecule has 98 valence electrons. The van der Waals surface area contributed by atoms with E-state index in [0.717, 1.165) is 18.7 Å². The van der Waals surface area contributed by atoms with Gasteiger partial charge >= 0.3 is 0 Å². The number of hydrogen-bond acceptors (Lipinski definition) is 3. The lowest BCUT2D eigenvalue weighted by Gasteiger charge is -2.13. The maximum Gasteiger partial charge on any atom is 0.223 e. The third kappa shape index (κ3) is 3.23. The SMILES string of the molecule is CN(C)C(=O)CCNCC1Cc2ccccc2O1. The fourth-order valence-electron chi connectivity index (χ4n) is 2.05. The Morgan fingerprint density at radius 1 is 1.44 bits per heavy atom. The van der Waals surface area contributed by atoms with Crippen LogP contribution in [0, 0.1) is 0 Å². The van der Waals surface area contributed by atoms with Crippen molar-refractivity contribution in [1.82, 2.24) is 10.2 Å². The molecule has 0 bridgehead atoms. The fraction of sp³-hybridized carbons (Fsp3) is 0.500. The van der Waals surface area contributed by atoms with Gasteiger partial charge in [0.15, 0.2) is 0 Å². The largest absolute Gasteiger partial charge is 0.488 e. The number of carbonyl (C=O) groups is 1. The molecule has 0 saturated carbocycles. The van der Waals surface area contributed by atoms with Crippen molar-refractivity contribution < 1.29 is 9.53 Å². The smallest absolute Gasteiger partial charge is 0.223 e. The van der Waals surface area contributed by atoms with Crippen LogP contribution in [-0.4, -0.2) is 44.1 Å². The van der Waals surface area contributed by atoms with Crippen LogP contribution in [-0.2, 0) is 11.2 Å². The van der Waals surface area contributed by atoms with Gasteiger partial charge in [-0.05, 0) is 11.6 Å². The third-order valence-electron chi connectivity index (χ3n) is 3.10. The standard InChI is InChI=1S/C14H20N2O2/c1-16(2)14(17)7-8-15-10-12-9-11-5-3-4-6-13(11)18-12/h3-6,12,15H,7-10H2,1-2H3. The number of benzene rings is 1. The van der Waals surface area contributed by atoms with Gasteiger partial charge in [-0.3, -0.25) is 4.79 Å². The molecule has 1 N–H and O–H groups in total. The van der Waals surface area contributed by atoms with Crippen LogP contribution in [0.5, 0.6) is 5.75 Å². The molecular weight excluding hydrogens is 228 g/mol. The van der Waals surface area contributed by atoms with Gasteiger partial charge < -0.3 is 15.0 Å². The van der Waals surface area contributed by atoms with Gasteiger partial charge in [0, 0.05) is 40.0 Å². The summed E-state index contributed by atoms with van der Waals surface area (Å²) in [6.07, 6.45) is 1.68. The summed E-state index contributed by atoms with van der Waals surface area (Å²) in [5.74, 6) is 1.15. The first-order valence-corrected chi connectivity index (χ1v) is 6.32. The predicted molar refractivity (Wildman–Crippen MR) is 70.7 cm³/mol. The minimum Gasteiger partial charge on any atom is -0.488 e. The van der Waals surface area contributed by atoms with Crippen LogP contribution in [0.4, 0.5) is 0 Å². The Bertz CT molecular complexity index is 393. The molecule has 1 aromatic rings. The summed E-state index contributed by atoms with van der Waals surface area (Å²) in [5.41, 5.74) is 1.27. The molecule has 1 amide bonds. The Labute approximate surface area is 108 Å². The van der Waals surface area contributed by atoms with E-state index in [1.807, 2.05) is 18.2 Å². The van der Waals surface area contributed by atoms with E-state index in [0.29, 0.717) is 13.0 Å². The van der Waals surface area contributed by atoms with Crippen molar-refractivity contribution in [2.45, 2.75) is 18.9 Å². The molecule has 2 rings (SSSR count). The van der Waals surface area contributed by atoms with E-state index in [1.165, 1.54) is 5.56 Å². The summed E-state index contributed by atoms with van der Waals surface area (Å²) >= 11 is 0. The highest BCUT2D eigenvalue weighted by Crippen LogP contribution is 2.27. The monoisotopic (exact) mass is 248 g/mol. The molecule has 1 aliphatic rings. The van der Waals surface area contributed by atoms with Gasteiger partial charge in [-0.2, -0.15) is 0 Å². The first kappa shape index (κ1) is 12.9. The molecule has 1 atom stereocenters. The number of fused-ring (bicyclic) bond motifs is 1. The lowest BCUT2D eigenvalue weighted by Crippen LogP contribution is -2.33. The van der Waals surface area contributed by atoms with E-state index < -0.39 is 0 Å². The van der Waals surface area contributed by atoms with Crippen molar-refractivity contribution in [3.63, 3.8) is 0 Å². The van der Waals surface area contributed by atoms with Crippen LogP contribution in [0.25, 0.3) is 0 Å². The van der Waals surface area contributed by atoms with Crippen LogP contribution < -0.4 is 10.1 Å². The Hall–Kier alpha value is -1.55. The molecular formula is C14H20N2O2. The number of carbonyl (C=O) groups excluding carboxylic acids is 1. The molecule has 18 heavy (non-hydrogen) atoms. The molecule has 0 aromatic heterocycles. The molecule has 4 nitrogen and oxygen atoms in total. The van der Waals surface area contributed by atoms with Gasteiger partial charge in [0.25, 0.3) is 0 Å². The second-order valence-electron chi connectivity index (χ2n) is 4.79. The molecule has 0 radical (unpaired) electrons. The van der Waals surface area contributed by atoms with E-state index in [1.54, 1.807) is 19.0 Å². The van der Waals surface area contributed by atoms with Crippen LogP contribution in [0.1, 0.15) is 12.0 Å². The van der Waals surface area contributed by atoms with Crippen LogP contribution in [0.3, 0.4) is 0 Å². The van der Waals surface area contributed by atoms with Crippen molar-refractivity contribution in [1.29, 1.82) is 0 Å². The van der Waals surface area contributed by atoms with E-state index in [2.05, 4.69) is 11.4 Å². The zero-order chi connectivity index (χ0) is 13.0. The average molecular weight is 248 g/mol. The molecule has 1 aliphatic heterocycles. The normalized spacial score (nSPS) is 17.1. The molecule has 1 unspecified atom stereocenters. The minimum atomic E-state index is 0.151. The number of para-hydroxylation sites is 1. The topological polar surface area (TPSA) is 41.6 Å². The van der Waals surface area contributed by atoms with Crippen molar-refractivity contribution in [2.24, 2.45) is 0 Å². The zero-order valence-electron chi connectivity index (χ0n) is 11.0. The highest BCUT2D eigenvalue weighted by atomic mass is 16.5. The second-order valence-corrected chi connectivity index (χ2v) is 4.79. The maximum atomic E-state index is 11.4. The lowest BCUT2D eigenvalue weighted by atomic mass is 10.1. The Balaban J connectivity index is 1.67. The summed E-state index contributed by atoms with van der Waals surface area (Å²) in [6, 6.07) is 8.13.